The molecule has 1 aliphatic rings. The maximum atomic E-state index is 2.44. The molecule has 0 aromatic heterocycles. The van der Waals surface area contributed by atoms with Gasteiger partial charge in [-0.15, -0.1) is 0 Å². The van der Waals surface area contributed by atoms with Crippen molar-refractivity contribution in [3.63, 3.8) is 0 Å². The van der Waals surface area contributed by atoms with E-state index in [1.165, 1.54) is 47.1 Å². The van der Waals surface area contributed by atoms with Gasteiger partial charge in [0.2, 0.25) is 0 Å². The zero-order valence-electron chi connectivity index (χ0n) is 14.0. The third kappa shape index (κ3) is 2.88. The van der Waals surface area contributed by atoms with Gasteiger partial charge in [0, 0.05) is 0 Å². The van der Waals surface area contributed by atoms with Crippen LogP contribution in [0.15, 0.2) is 48.0 Å². The molecule has 114 valence electrons. The third-order valence-electron chi connectivity index (χ3n) is 4.77. The fourth-order valence-corrected chi connectivity index (χ4v) is 3.37. The Hall–Kier alpha value is -1.82. The second-order valence-corrected chi connectivity index (χ2v) is 6.69. The number of unbranched alkanes of at least 4 members (excludes halogenated alkanes) is 1. The highest BCUT2D eigenvalue weighted by Gasteiger charge is 2.19. The van der Waals surface area contributed by atoms with E-state index in [9.17, 15) is 0 Å². The van der Waals surface area contributed by atoms with E-state index in [0.717, 1.165) is 6.42 Å². The van der Waals surface area contributed by atoms with E-state index in [-0.39, 0.29) is 0 Å². The predicted molar refractivity (Wildman–Crippen MR) is 97.0 cm³/mol. The molecule has 0 N–H and O–H groups in total. The molecule has 0 nitrogen and oxygen atoms in total. The average Bonchev–Trinajstić information content (AvgIpc) is 2.97. The maximum absolute atomic E-state index is 2.44. The van der Waals surface area contributed by atoms with Crippen LogP contribution in [0.3, 0.4) is 0 Å². The summed E-state index contributed by atoms with van der Waals surface area (Å²) in [5.41, 5.74) is 8.84. The second-order valence-electron chi connectivity index (χ2n) is 6.69. The number of hydrogen-bond acceptors (Lipinski definition) is 0. The summed E-state index contributed by atoms with van der Waals surface area (Å²) in [5.74, 6) is 0.635. The monoisotopic (exact) mass is 290 g/mol. The summed E-state index contributed by atoms with van der Waals surface area (Å²) >= 11 is 0. The van der Waals surface area contributed by atoms with E-state index in [4.69, 9.17) is 0 Å². The van der Waals surface area contributed by atoms with Gasteiger partial charge in [-0.25, -0.2) is 0 Å². The smallest absolute Gasteiger partial charge is 0.00550 e. The van der Waals surface area contributed by atoms with Crippen molar-refractivity contribution >= 4 is 6.08 Å². The Bertz CT molecular complexity index is 689. The van der Waals surface area contributed by atoms with Gasteiger partial charge in [0.25, 0.3) is 0 Å². The van der Waals surface area contributed by atoms with Crippen molar-refractivity contribution in [2.45, 2.75) is 46.5 Å². The molecule has 0 heteroatoms. The van der Waals surface area contributed by atoms with Crippen LogP contribution in [0, 0.1) is 5.92 Å². The van der Waals surface area contributed by atoms with Gasteiger partial charge in [-0.1, -0.05) is 81.3 Å². The van der Waals surface area contributed by atoms with Crippen molar-refractivity contribution in [3.05, 3.63) is 64.7 Å². The lowest BCUT2D eigenvalue weighted by Crippen LogP contribution is -1.94. The molecule has 0 unspecified atom stereocenters. The lowest BCUT2D eigenvalue weighted by atomic mass is 9.92. The highest BCUT2D eigenvalue weighted by molar-refractivity contribution is 5.82. The molecule has 0 fully saturated rings. The number of benzene rings is 2. The highest BCUT2D eigenvalue weighted by atomic mass is 14.2. The van der Waals surface area contributed by atoms with Gasteiger partial charge in [-0.3, -0.25) is 0 Å². The Labute approximate surface area is 134 Å². The van der Waals surface area contributed by atoms with Crippen molar-refractivity contribution in [1.29, 1.82) is 0 Å². The van der Waals surface area contributed by atoms with Gasteiger partial charge >= 0.3 is 0 Å². The quantitative estimate of drug-likeness (QED) is 0.607. The molecule has 0 spiro atoms. The minimum absolute atomic E-state index is 0.635. The van der Waals surface area contributed by atoms with E-state index < -0.39 is 0 Å². The first-order valence-electron chi connectivity index (χ1n) is 8.61. The van der Waals surface area contributed by atoms with Gasteiger partial charge in [-0.05, 0) is 53.0 Å². The summed E-state index contributed by atoms with van der Waals surface area (Å²) in [7, 11) is 0. The summed E-state index contributed by atoms with van der Waals surface area (Å²) in [6, 6.07) is 15.7. The van der Waals surface area contributed by atoms with E-state index in [1.807, 2.05) is 0 Å². The molecule has 0 bridgehead atoms. The summed E-state index contributed by atoms with van der Waals surface area (Å²) < 4.78 is 0. The largest absolute Gasteiger partial charge is 0.0654 e. The molecule has 0 aliphatic heterocycles. The second kappa shape index (κ2) is 6.52. The van der Waals surface area contributed by atoms with E-state index in [1.54, 1.807) is 5.57 Å². The molecular formula is C22H26. The molecule has 0 saturated heterocycles. The van der Waals surface area contributed by atoms with Gasteiger partial charge in [0.05, 0.1) is 0 Å². The van der Waals surface area contributed by atoms with Gasteiger partial charge in [0.1, 0.15) is 0 Å². The lowest BCUT2D eigenvalue weighted by Gasteiger charge is -2.13. The SMILES string of the molecule is CCCCc1ccccc1-c1cccc2c1C=C(C(C)C)C2. The van der Waals surface area contributed by atoms with Crippen LogP contribution < -0.4 is 0 Å². The minimum Gasteiger partial charge on any atom is -0.0654 e. The molecule has 22 heavy (non-hydrogen) atoms. The Balaban J connectivity index is 2.06. The van der Waals surface area contributed by atoms with Crippen molar-refractivity contribution in [2.24, 2.45) is 5.92 Å². The Morgan fingerprint density at radius 3 is 2.50 bits per heavy atom. The Morgan fingerprint density at radius 1 is 0.955 bits per heavy atom. The van der Waals surface area contributed by atoms with Gasteiger partial charge < -0.3 is 0 Å². The molecule has 0 saturated carbocycles. The first-order chi connectivity index (χ1) is 10.7. The van der Waals surface area contributed by atoms with Crippen LogP contribution in [-0.2, 0) is 12.8 Å². The zero-order chi connectivity index (χ0) is 15.5. The summed E-state index contributed by atoms with van der Waals surface area (Å²) in [6.45, 7) is 6.86. The molecule has 0 radical (unpaired) electrons. The zero-order valence-corrected chi connectivity index (χ0v) is 14.0. The normalized spacial score (nSPS) is 13.4. The van der Waals surface area contributed by atoms with Crippen molar-refractivity contribution < 1.29 is 0 Å². The van der Waals surface area contributed by atoms with Crippen molar-refractivity contribution in [3.8, 4) is 11.1 Å². The van der Waals surface area contributed by atoms with Crippen LogP contribution >= 0.6 is 0 Å². The molecule has 3 rings (SSSR count). The van der Waals surface area contributed by atoms with Crippen LogP contribution in [0.1, 0.15) is 50.3 Å². The summed E-state index contributed by atoms with van der Waals surface area (Å²) in [5, 5.41) is 0. The molecule has 2 aromatic carbocycles. The van der Waals surface area contributed by atoms with Crippen molar-refractivity contribution in [1.82, 2.24) is 0 Å². The average molecular weight is 290 g/mol. The first-order valence-corrected chi connectivity index (χ1v) is 8.61. The fourth-order valence-electron chi connectivity index (χ4n) is 3.37. The minimum atomic E-state index is 0.635. The van der Waals surface area contributed by atoms with Crippen LogP contribution in [0.4, 0.5) is 0 Å². The van der Waals surface area contributed by atoms with Crippen molar-refractivity contribution in [2.75, 3.05) is 0 Å². The summed E-state index contributed by atoms with van der Waals surface area (Å²) in [4.78, 5) is 0. The molecule has 0 heterocycles. The standard InChI is InChI=1S/C22H26/c1-4-5-9-17-10-6-7-12-20(17)21-13-8-11-18-14-19(16(2)3)15-22(18)21/h6-8,10-13,15-16H,4-5,9,14H2,1-3H3. The van der Waals surface area contributed by atoms with E-state index in [0.29, 0.717) is 5.92 Å². The lowest BCUT2D eigenvalue weighted by molar-refractivity contribution is 0.754. The number of allylic oxidation sites excluding steroid dienone is 1. The number of fused-ring (bicyclic) bond motifs is 1. The first kappa shape index (κ1) is 15.1. The van der Waals surface area contributed by atoms with Crippen LogP contribution in [-0.4, -0.2) is 0 Å². The van der Waals surface area contributed by atoms with E-state index in [2.05, 4.69) is 69.3 Å². The van der Waals surface area contributed by atoms with Gasteiger partial charge in [0.15, 0.2) is 0 Å². The fraction of sp³-hybridized carbons (Fsp3) is 0.364. The van der Waals surface area contributed by atoms with Gasteiger partial charge in [-0.2, -0.15) is 0 Å². The van der Waals surface area contributed by atoms with Crippen LogP contribution in [0.5, 0.6) is 0 Å². The Morgan fingerprint density at radius 2 is 1.73 bits per heavy atom. The molecule has 0 amide bonds. The highest BCUT2D eigenvalue weighted by Crippen LogP contribution is 2.37. The van der Waals surface area contributed by atoms with Crippen LogP contribution in [0.2, 0.25) is 0 Å². The topological polar surface area (TPSA) is 0 Å². The number of hydrogen-bond donors (Lipinski definition) is 0. The molecule has 1 aliphatic carbocycles. The molecular weight excluding hydrogens is 264 g/mol. The number of rotatable bonds is 5. The Kier molecular flexibility index (Phi) is 4.47. The molecule has 0 atom stereocenters. The predicted octanol–water partition coefficient (Wildman–Crippen LogP) is 6.29. The number of aryl methyl sites for hydroxylation is 1. The third-order valence-corrected chi connectivity index (χ3v) is 4.77. The summed E-state index contributed by atoms with van der Waals surface area (Å²) in [6.07, 6.45) is 7.25. The van der Waals surface area contributed by atoms with Crippen LogP contribution in [0.25, 0.3) is 17.2 Å². The maximum Gasteiger partial charge on any atom is -0.00550 e. The molecule has 2 aromatic rings. The van der Waals surface area contributed by atoms with E-state index >= 15 is 0 Å².